The molecule has 28 heavy (non-hydrogen) atoms. The van der Waals surface area contributed by atoms with Crippen molar-refractivity contribution < 1.29 is 13.6 Å². The summed E-state index contributed by atoms with van der Waals surface area (Å²) in [7, 11) is 0. The van der Waals surface area contributed by atoms with Gasteiger partial charge in [0.2, 0.25) is 5.91 Å². The van der Waals surface area contributed by atoms with Crippen molar-refractivity contribution >= 4 is 28.5 Å². The van der Waals surface area contributed by atoms with Crippen LogP contribution in [0.3, 0.4) is 0 Å². The number of hydrogen-bond acceptors (Lipinski definition) is 2. The number of benzene rings is 2. The number of amides is 1. The molecule has 1 amide bonds. The number of carbonyl (C=O) groups excluding carboxylic acids is 1. The van der Waals surface area contributed by atoms with Crippen LogP contribution in [0.5, 0.6) is 0 Å². The highest BCUT2D eigenvalue weighted by Crippen LogP contribution is 2.16. The monoisotopic (exact) mass is 405 g/mol. The fourth-order valence-electron chi connectivity index (χ4n) is 3.06. The highest BCUT2D eigenvalue weighted by atomic mass is 35.5. The molecular formula is C21H22ClF2N3O. The lowest BCUT2D eigenvalue weighted by Gasteiger charge is -2.05. The molecule has 0 saturated carbocycles. The molecule has 0 spiro atoms. The molecule has 0 saturated heterocycles. The third-order valence-electron chi connectivity index (χ3n) is 4.51. The minimum absolute atomic E-state index is 0.153. The Morgan fingerprint density at radius 3 is 2.79 bits per heavy atom. The van der Waals surface area contributed by atoms with Crippen molar-refractivity contribution in [1.29, 1.82) is 0 Å². The maximum atomic E-state index is 13.6. The van der Waals surface area contributed by atoms with Gasteiger partial charge in [-0.15, -0.1) is 11.6 Å². The van der Waals surface area contributed by atoms with Crippen molar-refractivity contribution in [3.05, 3.63) is 65.0 Å². The minimum Gasteiger partial charge on any atom is -0.349 e. The summed E-state index contributed by atoms with van der Waals surface area (Å²) in [5.74, 6) is 0.226. The fourth-order valence-corrected chi connectivity index (χ4v) is 3.20. The van der Waals surface area contributed by atoms with Gasteiger partial charge in [0, 0.05) is 12.3 Å². The van der Waals surface area contributed by atoms with E-state index in [1.165, 1.54) is 11.6 Å². The van der Waals surface area contributed by atoms with Crippen LogP contribution < -0.4 is 5.32 Å². The smallest absolute Gasteiger partial charge is 0.220 e. The lowest BCUT2D eigenvalue weighted by Crippen LogP contribution is -2.23. The Morgan fingerprint density at radius 2 is 1.96 bits per heavy atom. The first-order valence-electron chi connectivity index (χ1n) is 9.29. The Bertz CT molecular complexity index is 958. The van der Waals surface area contributed by atoms with Crippen LogP contribution in [0.15, 0.2) is 36.4 Å². The molecule has 0 radical (unpaired) electrons. The average molecular weight is 406 g/mol. The molecule has 0 aliphatic rings. The van der Waals surface area contributed by atoms with Gasteiger partial charge < -0.3 is 10.3 Å². The van der Waals surface area contributed by atoms with Gasteiger partial charge in [0.1, 0.15) is 17.5 Å². The van der Waals surface area contributed by atoms with E-state index in [1.54, 1.807) is 0 Å². The molecule has 3 aromatic rings. The Labute approximate surface area is 167 Å². The number of nitrogens with one attached hydrogen (secondary N) is 2. The molecule has 3 rings (SSSR count). The third-order valence-corrected chi connectivity index (χ3v) is 4.77. The predicted octanol–water partition coefficient (Wildman–Crippen LogP) is 4.65. The molecule has 0 fully saturated rings. The van der Waals surface area contributed by atoms with Gasteiger partial charge in [0.15, 0.2) is 0 Å². The normalized spacial score (nSPS) is 11.1. The molecule has 2 aromatic carbocycles. The summed E-state index contributed by atoms with van der Waals surface area (Å²) in [6.45, 7) is 0.291. The number of rotatable bonds is 9. The molecule has 1 aromatic heterocycles. The summed E-state index contributed by atoms with van der Waals surface area (Å²) in [5, 5.41) is 2.80. The number of aryl methyl sites for hydroxylation is 2. The van der Waals surface area contributed by atoms with Crippen molar-refractivity contribution in [2.45, 2.75) is 38.6 Å². The van der Waals surface area contributed by atoms with Gasteiger partial charge >= 0.3 is 0 Å². The first-order valence-corrected chi connectivity index (χ1v) is 9.82. The molecule has 0 unspecified atom stereocenters. The minimum atomic E-state index is -0.475. The number of imidazole rings is 1. The Morgan fingerprint density at radius 1 is 1.11 bits per heavy atom. The van der Waals surface area contributed by atoms with Gasteiger partial charge in [-0.05, 0) is 67.1 Å². The molecule has 0 atom stereocenters. The number of aromatic amines is 1. The standard InChI is InChI=1S/C21H22ClF2N3O/c22-10-2-3-14-6-9-18-19(11-14)27-20(26-18)13-25-21(28)5-1-4-15-12-16(23)7-8-17(15)24/h6-9,11-12H,1-5,10,13H2,(H,25,28)(H,26,27). The number of alkyl halides is 1. The molecule has 1 heterocycles. The SMILES string of the molecule is O=C(CCCc1cc(F)ccc1F)NCc1nc2ccc(CCCCl)cc2[nH]1. The van der Waals surface area contributed by atoms with Crippen molar-refractivity contribution in [2.24, 2.45) is 0 Å². The van der Waals surface area contributed by atoms with E-state index in [2.05, 4.69) is 15.3 Å². The third kappa shape index (κ3) is 5.52. The van der Waals surface area contributed by atoms with Gasteiger partial charge in [0.05, 0.1) is 17.6 Å². The van der Waals surface area contributed by atoms with Crippen LogP contribution >= 0.6 is 11.6 Å². The lowest BCUT2D eigenvalue weighted by molar-refractivity contribution is -0.121. The first kappa shape index (κ1) is 20.3. The summed E-state index contributed by atoms with van der Waals surface area (Å²) in [5.41, 5.74) is 3.25. The van der Waals surface area contributed by atoms with Crippen LogP contribution in [0.1, 0.15) is 36.2 Å². The van der Waals surface area contributed by atoms with Crippen molar-refractivity contribution in [1.82, 2.24) is 15.3 Å². The lowest BCUT2D eigenvalue weighted by atomic mass is 10.1. The fraction of sp³-hybridized carbons (Fsp3) is 0.333. The second kappa shape index (κ2) is 9.64. The molecule has 0 aliphatic heterocycles. The zero-order chi connectivity index (χ0) is 19.9. The van der Waals surface area contributed by atoms with E-state index in [0.29, 0.717) is 31.1 Å². The number of H-pyrrole nitrogens is 1. The van der Waals surface area contributed by atoms with Crippen molar-refractivity contribution in [3.63, 3.8) is 0 Å². The summed E-state index contributed by atoms with van der Waals surface area (Å²) in [6, 6.07) is 9.39. The summed E-state index contributed by atoms with van der Waals surface area (Å²) >= 11 is 5.73. The summed E-state index contributed by atoms with van der Waals surface area (Å²) in [4.78, 5) is 19.7. The van der Waals surface area contributed by atoms with Gasteiger partial charge in [0.25, 0.3) is 0 Å². The van der Waals surface area contributed by atoms with E-state index in [4.69, 9.17) is 11.6 Å². The van der Waals surface area contributed by atoms with Crippen LogP contribution in [0.2, 0.25) is 0 Å². The number of nitrogens with zero attached hydrogens (tertiary/aromatic N) is 1. The quantitative estimate of drug-likeness (QED) is 0.509. The molecular weight excluding hydrogens is 384 g/mol. The van der Waals surface area contributed by atoms with E-state index >= 15 is 0 Å². The number of aromatic nitrogens is 2. The van der Waals surface area contributed by atoms with Crippen molar-refractivity contribution in [3.8, 4) is 0 Å². The maximum absolute atomic E-state index is 13.6. The van der Waals surface area contributed by atoms with Crippen LogP contribution in [-0.4, -0.2) is 21.8 Å². The molecule has 2 N–H and O–H groups in total. The highest BCUT2D eigenvalue weighted by molar-refractivity contribution is 6.17. The maximum Gasteiger partial charge on any atom is 0.220 e. The number of fused-ring (bicyclic) bond motifs is 1. The molecule has 4 nitrogen and oxygen atoms in total. The number of carbonyl (C=O) groups is 1. The first-order chi connectivity index (χ1) is 13.5. The second-order valence-corrected chi connectivity index (χ2v) is 7.07. The van der Waals surface area contributed by atoms with Gasteiger partial charge in [-0.2, -0.15) is 0 Å². The largest absolute Gasteiger partial charge is 0.349 e. The molecule has 148 valence electrons. The highest BCUT2D eigenvalue weighted by Gasteiger charge is 2.08. The second-order valence-electron chi connectivity index (χ2n) is 6.69. The van der Waals surface area contributed by atoms with Crippen LogP contribution in [0.25, 0.3) is 11.0 Å². The Hall–Kier alpha value is -2.47. The molecule has 0 bridgehead atoms. The van der Waals surface area contributed by atoms with E-state index < -0.39 is 11.6 Å². The zero-order valence-corrected chi connectivity index (χ0v) is 16.2. The zero-order valence-electron chi connectivity index (χ0n) is 15.4. The van der Waals surface area contributed by atoms with E-state index in [1.807, 2.05) is 18.2 Å². The Balaban J connectivity index is 1.48. The summed E-state index contributed by atoms with van der Waals surface area (Å²) in [6.07, 6.45) is 2.82. The van der Waals surface area contributed by atoms with E-state index in [0.717, 1.165) is 36.0 Å². The van der Waals surface area contributed by atoms with Crippen LogP contribution in [0, 0.1) is 11.6 Å². The van der Waals surface area contributed by atoms with Gasteiger partial charge in [-0.3, -0.25) is 4.79 Å². The number of hydrogen-bond donors (Lipinski definition) is 2. The molecule has 7 heteroatoms. The number of halogens is 3. The topological polar surface area (TPSA) is 57.8 Å². The van der Waals surface area contributed by atoms with E-state index in [9.17, 15) is 13.6 Å². The van der Waals surface area contributed by atoms with Gasteiger partial charge in [-0.25, -0.2) is 13.8 Å². The van der Waals surface area contributed by atoms with Gasteiger partial charge in [-0.1, -0.05) is 6.07 Å². The van der Waals surface area contributed by atoms with E-state index in [-0.39, 0.29) is 17.9 Å². The van der Waals surface area contributed by atoms with Crippen molar-refractivity contribution in [2.75, 3.05) is 5.88 Å². The average Bonchev–Trinajstić information content (AvgIpc) is 3.09. The molecule has 0 aliphatic carbocycles. The summed E-state index contributed by atoms with van der Waals surface area (Å²) < 4.78 is 26.7. The predicted molar refractivity (Wildman–Crippen MR) is 106 cm³/mol. The Kier molecular flexibility index (Phi) is 6.98. The van der Waals surface area contributed by atoms with Crippen LogP contribution in [-0.2, 0) is 24.2 Å². The van der Waals surface area contributed by atoms with Crippen LogP contribution in [0.4, 0.5) is 8.78 Å².